The monoisotopic (exact) mass is 399 g/mol. The predicted octanol–water partition coefficient (Wildman–Crippen LogP) is 2.28. The molecule has 11 heteroatoms. The van der Waals surface area contributed by atoms with E-state index in [0.717, 1.165) is 12.5 Å². The standard InChI is InChI=1S/C17H14FN7O2S/c1-28(26,27)11-4-2-3-10(6-11)22-17-21-8-13(15(19)23-17)14-12-5-9(18)7-20-16(12)25-24-14/h2-8H,1H3,(H,20,24,25)(H3,19,21,22,23). The number of nitrogens with zero attached hydrogens (tertiary/aromatic N) is 4. The molecule has 142 valence electrons. The minimum atomic E-state index is -3.34. The zero-order valence-electron chi connectivity index (χ0n) is 14.5. The summed E-state index contributed by atoms with van der Waals surface area (Å²) >= 11 is 0. The van der Waals surface area contributed by atoms with Crippen molar-refractivity contribution >= 4 is 38.3 Å². The lowest BCUT2D eigenvalue weighted by Crippen LogP contribution is -2.03. The van der Waals surface area contributed by atoms with Gasteiger partial charge in [0, 0.05) is 23.5 Å². The second-order valence-electron chi connectivity index (χ2n) is 6.04. The largest absolute Gasteiger partial charge is 0.383 e. The average molecular weight is 399 g/mol. The van der Waals surface area contributed by atoms with Crippen LogP contribution >= 0.6 is 0 Å². The number of H-pyrrole nitrogens is 1. The molecule has 0 saturated carbocycles. The molecule has 0 fully saturated rings. The summed E-state index contributed by atoms with van der Waals surface area (Å²) in [7, 11) is -3.34. The molecule has 0 amide bonds. The van der Waals surface area contributed by atoms with Crippen LogP contribution in [0.2, 0.25) is 0 Å². The Kier molecular flexibility index (Phi) is 4.15. The third kappa shape index (κ3) is 3.34. The van der Waals surface area contributed by atoms with Gasteiger partial charge in [0.05, 0.1) is 16.7 Å². The first-order valence-electron chi connectivity index (χ1n) is 8.01. The van der Waals surface area contributed by atoms with Crippen LogP contribution in [0.1, 0.15) is 0 Å². The van der Waals surface area contributed by atoms with Gasteiger partial charge in [0.15, 0.2) is 15.5 Å². The highest BCUT2D eigenvalue weighted by Crippen LogP contribution is 2.29. The van der Waals surface area contributed by atoms with Crippen molar-refractivity contribution in [3.63, 3.8) is 0 Å². The second kappa shape index (κ2) is 6.53. The molecule has 0 unspecified atom stereocenters. The number of nitrogens with two attached hydrogens (primary N) is 1. The molecule has 4 N–H and O–H groups in total. The molecule has 1 aromatic carbocycles. The van der Waals surface area contributed by atoms with Crippen LogP contribution in [0.15, 0.2) is 47.6 Å². The fourth-order valence-corrected chi connectivity index (χ4v) is 3.32. The fourth-order valence-electron chi connectivity index (χ4n) is 2.65. The Morgan fingerprint density at radius 3 is 2.75 bits per heavy atom. The number of rotatable bonds is 4. The second-order valence-corrected chi connectivity index (χ2v) is 8.06. The number of fused-ring (bicyclic) bond motifs is 1. The van der Waals surface area contributed by atoms with Crippen LogP contribution < -0.4 is 11.1 Å². The molecule has 3 aromatic heterocycles. The van der Waals surface area contributed by atoms with Crippen molar-refractivity contribution < 1.29 is 12.8 Å². The van der Waals surface area contributed by atoms with E-state index in [1.165, 1.54) is 24.4 Å². The molecule has 0 radical (unpaired) electrons. The smallest absolute Gasteiger partial charge is 0.229 e. The van der Waals surface area contributed by atoms with Crippen molar-refractivity contribution in [2.24, 2.45) is 0 Å². The van der Waals surface area contributed by atoms with Gasteiger partial charge in [0.2, 0.25) is 5.95 Å². The maximum Gasteiger partial charge on any atom is 0.229 e. The average Bonchev–Trinajstić information content (AvgIpc) is 3.04. The number of nitrogen functional groups attached to an aromatic ring is 1. The van der Waals surface area contributed by atoms with Crippen molar-refractivity contribution in [2.75, 3.05) is 17.3 Å². The summed E-state index contributed by atoms with van der Waals surface area (Å²) in [5.74, 6) is -0.204. The normalized spacial score (nSPS) is 11.6. The lowest BCUT2D eigenvalue weighted by atomic mass is 10.1. The van der Waals surface area contributed by atoms with Gasteiger partial charge in [0.25, 0.3) is 0 Å². The lowest BCUT2D eigenvalue weighted by Gasteiger charge is -2.08. The van der Waals surface area contributed by atoms with E-state index in [-0.39, 0.29) is 16.7 Å². The highest BCUT2D eigenvalue weighted by molar-refractivity contribution is 7.90. The Labute approximate surface area is 158 Å². The van der Waals surface area contributed by atoms with E-state index in [1.807, 2.05) is 0 Å². The summed E-state index contributed by atoms with van der Waals surface area (Å²) in [6, 6.07) is 7.54. The SMILES string of the molecule is CS(=O)(=O)c1cccc(Nc2ncc(-c3n[nH]c4ncc(F)cc34)c(N)n2)c1. The molecule has 3 heterocycles. The van der Waals surface area contributed by atoms with E-state index >= 15 is 0 Å². The van der Waals surface area contributed by atoms with Gasteiger partial charge in [-0.3, -0.25) is 5.10 Å². The molecule has 0 bridgehead atoms. The van der Waals surface area contributed by atoms with Crippen LogP contribution in [-0.4, -0.2) is 39.8 Å². The first-order valence-corrected chi connectivity index (χ1v) is 9.90. The van der Waals surface area contributed by atoms with Crippen molar-refractivity contribution in [3.8, 4) is 11.3 Å². The number of hydrogen-bond donors (Lipinski definition) is 3. The Balaban J connectivity index is 1.68. The number of nitrogens with one attached hydrogen (secondary N) is 2. The van der Waals surface area contributed by atoms with Gasteiger partial charge in [0.1, 0.15) is 17.3 Å². The van der Waals surface area contributed by atoms with Gasteiger partial charge >= 0.3 is 0 Å². The Bertz CT molecular complexity index is 1300. The zero-order valence-corrected chi connectivity index (χ0v) is 15.3. The lowest BCUT2D eigenvalue weighted by molar-refractivity contribution is 0.602. The van der Waals surface area contributed by atoms with E-state index in [1.54, 1.807) is 12.1 Å². The Hall–Kier alpha value is -3.60. The van der Waals surface area contributed by atoms with Crippen LogP contribution in [-0.2, 0) is 9.84 Å². The topological polar surface area (TPSA) is 140 Å². The first-order chi connectivity index (χ1) is 13.3. The Morgan fingerprint density at radius 2 is 2.00 bits per heavy atom. The number of anilines is 3. The molecular formula is C17H14FN7O2S. The number of benzene rings is 1. The van der Waals surface area contributed by atoms with E-state index in [2.05, 4.69) is 30.5 Å². The van der Waals surface area contributed by atoms with Crippen LogP contribution in [0.25, 0.3) is 22.3 Å². The third-order valence-corrected chi connectivity index (χ3v) is 5.08. The molecule has 0 spiro atoms. The van der Waals surface area contributed by atoms with E-state index in [0.29, 0.717) is 28.0 Å². The first kappa shape index (κ1) is 17.8. The van der Waals surface area contributed by atoms with Gasteiger partial charge < -0.3 is 11.1 Å². The number of aromatic amines is 1. The zero-order chi connectivity index (χ0) is 19.9. The number of hydrogen-bond acceptors (Lipinski definition) is 8. The van der Waals surface area contributed by atoms with Gasteiger partial charge in [-0.2, -0.15) is 10.1 Å². The number of halogens is 1. The van der Waals surface area contributed by atoms with Crippen LogP contribution in [0, 0.1) is 5.82 Å². The molecule has 28 heavy (non-hydrogen) atoms. The summed E-state index contributed by atoms with van der Waals surface area (Å²) in [4.78, 5) is 12.5. The maximum atomic E-state index is 13.5. The van der Waals surface area contributed by atoms with Gasteiger partial charge in [-0.15, -0.1) is 0 Å². The molecular weight excluding hydrogens is 385 g/mol. The highest BCUT2D eigenvalue weighted by Gasteiger charge is 2.15. The highest BCUT2D eigenvalue weighted by atomic mass is 32.2. The van der Waals surface area contributed by atoms with Gasteiger partial charge in [-0.25, -0.2) is 22.8 Å². The quantitative estimate of drug-likeness (QED) is 0.475. The Morgan fingerprint density at radius 1 is 1.18 bits per heavy atom. The van der Waals surface area contributed by atoms with Crippen molar-refractivity contribution in [2.45, 2.75) is 4.90 Å². The number of pyridine rings is 1. The van der Waals surface area contributed by atoms with Crippen LogP contribution in [0.4, 0.5) is 21.8 Å². The summed E-state index contributed by atoms with van der Waals surface area (Å²) in [5, 5.41) is 10.2. The summed E-state index contributed by atoms with van der Waals surface area (Å²) in [6.45, 7) is 0. The van der Waals surface area contributed by atoms with Crippen LogP contribution in [0.3, 0.4) is 0 Å². The minimum absolute atomic E-state index is 0.120. The summed E-state index contributed by atoms with van der Waals surface area (Å²) in [5.41, 5.74) is 7.74. The molecule has 0 aliphatic carbocycles. The number of aromatic nitrogens is 5. The minimum Gasteiger partial charge on any atom is -0.383 e. The number of sulfone groups is 1. The van der Waals surface area contributed by atoms with E-state index in [4.69, 9.17) is 5.73 Å². The molecule has 0 saturated heterocycles. The van der Waals surface area contributed by atoms with Crippen LogP contribution in [0.5, 0.6) is 0 Å². The molecule has 4 aromatic rings. The van der Waals surface area contributed by atoms with Gasteiger partial charge in [-0.05, 0) is 24.3 Å². The molecule has 4 rings (SSSR count). The predicted molar refractivity (Wildman–Crippen MR) is 102 cm³/mol. The summed E-state index contributed by atoms with van der Waals surface area (Å²) in [6.07, 6.45) is 3.66. The fraction of sp³-hybridized carbons (Fsp3) is 0.0588. The van der Waals surface area contributed by atoms with Crippen molar-refractivity contribution in [3.05, 3.63) is 48.5 Å². The third-order valence-electron chi connectivity index (χ3n) is 3.97. The van der Waals surface area contributed by atoms with Crippen molar-refractivity contribution in [1.29, 1.82) is 0 Å². The molecule has 9 nitrogen and oxygen atoms in total. The molecule has 0 atom stereocenters. The van der Waals surface area contributed by atoms with Crippen molar-refractivity contribution in [1.82, 2.24) is 25.1 Å². The summed E-state index contributed by atoms with van der Waals surface area (Å²) < 4.78 is 36.9. The van der Waals surface area contributed by atoms with E-state index < -0.39 is 15.7 Å². The van der Waals surface area contributed by atoms with E-state index in [9.17, 15) is 12.8 Å². The van der Waals surface area contributed by atoms with Gasteiger partial charge in [-0.1, -0.05) is 6.07 Å². The molecule has 0 aliphatic heterocycles. The maximum absolute atomic E-state index is 13.5. The molecule has 0 aliphatic rings.